The molecule has 0 saturated carbocycles. The number of nitrogens with one attached hydrogen (secondary N) is 1. The van der Waals surface area contributed by atoms with E-state index in [2.05, 4.69) is 36.8 Å². The maximum Gasteiger partial charge on any atom is 0.251 e. The van der Waals surface area contributed by atoms with Crippen LogP contribution >= 0.6 is 15.9 Å². The molecule has 1 unspecified atom stereocenters. The molecule has 0 spiro atoms. The fourth-order valence-electron chi connectivity index (χ4n) is 2.40. The van der Waals surface area contributed by atoms with Crippen molar-refractivity contribution in [3.63, 3.8) is 0 Å². The van der Waals surface area contributed by atoms with Crippen molar-refractivity contribution in [2.45, 2.75) is 19.4 Å². The van der Waals surface area contributed by atoms with E-state index < -0.39 is 0 Å². The van der Waals surface area contributed by atoms with Crippen molar-refractivity contribution in [3.05, 3.63) is 70.5 Å². The number of aromatic nitrogens is 4. The van der Waals surface area contributed by atoms with Crippen LogP contribution in [0.3, 0.4) is 0 Å². The molecule has 0 saturated heterocycles. The third-order valence-corrected chi connectivity index (χ3v) is 4.26. The van der Waals surface area contributed by atoms with Gasteiger partial charge in [0.05, 0.1) is 11.7 Å². The van der Waals surface area contributed by atoms with Crippen molar-refractivity contribution in [1.29, 1.82) is 0 Å². The molecule has 122 valence electrons. The fourth-order valence-corrected chi connectivity index (χ4v) is 2.67. The Labute approximate surface area is 148 Å². The second-order valence-corrected chi connectivity index (χ2v) is 6.20. The fraction of sp³-hybridized carbons (Fsp3) is 0.176. The van der Waals surface area contributed by atoms with Crippen LogP contribution in [0, 0.1) is 0 Å². The maximum absolute atomic E-state index is 12.5. The lowest BCUT2D eigenvalue weighted by Crippen LogP contribution is -2.28. The van der Waals surface area contributed by atoms with Crippen molar-refractivity contribution in [2.24, 2.45) is 0 Å². The zero-order valence-electron chi connectivity index (χ0n) is 13.1. The number of carbonyl (C=O) groups is 1. The molecule has 1 N–H and O–H groups in total. The van der Waals surface area contributed by atoms with Gasteiger partial charge in [0.25, 0.3) is 5.91 Å². The number of carbonyl (C=O) groups excluding carboxylic acids is 1. The first-order valence-electron chi connectivity index (χ1n) is 7.57. The van der Waals surface area contributed by atoms with Gasteiger partial charge in [0.15, 0.2) is 0 Å². The van der Waals surface area contributed by atoms with Gasteiger partial charge in [-0.25, -0.2) is 4.68 Å². The first kappa shape index (κ1) is 16.3. The summed E-state index contributed by atoms with van der Waals surface area (Å²) in [7, 11) is 0. The van der Waals surface area contributed by atoms with Gasteiger partial charge in [0, 0.05) is 10.0 Å². The van der Waals surface area contributed by atoms with Crippen LogP contribution in [0.4, 0.5) is 0 Å². The Morgan fingerprint density at radius 3 is 2.46 bits per heavy atom. The van der Waals surface area contributed by atoms with Crippen molar-refractivity contribution >= 4 is 21.8 Å². The Morgan fingerprint density at radius 2 is 1.88 bits per heavy atom. The molecule has 7 heteroatoms. The summed E-state index contributed by atoms with van der Waals surface area (Å²) in [5, 5.41) is 14.1. The summed E-state index contributed by atoms with van der Waals surface area (Å²) in [5.41, 5.74) is 2.48. The van der Waals surface area contributed by atoms with E-state index in [4.69, 9.17) is 0 Å². The predicted octanol–water partition coefficient (Wildman–Crippen LogP) is 3.31. The summed E-state index contributed by atoms with van der Waals surface area (Å²) >= 11 is 3.42. The van der Waals surface area contributed by atoms with Gasteiger partial charge in [-0.1, -0.05) is 35.0 Å². The van der Waals surface area contributed by atoms with Crippen LogP contribution in [0.25, 0.3) is 5.69 Å². The van der Waals surface area contributed by atoms with Crippen LogP contribution in [0.2, 0.25) is 0 Å². The molecule has 6 nitrogen and oxygen atoms in total. The topological polar surface area (TPSA) is 72.7 Å². The molecule has 1 aromatic heterocycles. The molecule has 0 aliphatic rings. The van der Waals surface area contributed by atoms with E-state index >= 15 is 0 Å². The summed E-state index contributed by atoms with van der Waals surface area (Å²) in [6.07, 6.45) is 2.33. The van der Waals surface area contributed by atoms with E-state index in [1.165, 1.54) is 6.33 Å². The Hall–Kier alpha value is -2.54. The summed E-state index contributed by atoms with van der Waals surface area (Å²) < 4.78 is 2.56. The van der Waals surface area contributed by atoms with Gasteiger partial charge in [-0.3, -0.25) is 4.79 Å². The van der Waals surface area contributed by atoms with Crippen LogP contribution < -0.4 is 5.32 Å². The molecule has 0 aliphatic heterocycles. The normalized spacial score (nSPS) is 11.9. The predicted molar refractivity (Wildman–Crippen MR) is 93.8 cm³/mol. The molecule has 3 rings (SSSR count). The van der Waals surface area contributed by atoms with Crippen LogP contribution in [0.5, 0.6) is 0 Å². The lowest BCUT2D eigenvalue weighted by atomic mass is 10.0. The molecule has 3 aromatic rings. The molecule has 1 amide bonds. The summed E-state index contributed by atoms with van der Waals surface area (Å²) in [6.45, 7) is 2.05. The largest absolute Gasteiger partial charge is 0.345 e. The van der Waals surface area contributed by atoms with Gasteiger partial charge >= 0.3 is 0 Å². The zero-order chi connectivity index (χ0) is 16.9. The first-order chi connectivity index (χ1) is 11.7. The lowest BCUT2D eigenvalue weighted by molar-refractivity contribution is 0.0935. The Balaban J connectivity index is 1.72. The molecule has 0 radical (unpaired) electrons. The van der Waals surface area contributed by atoms with Gasteiger partial charge in [0.1, 0.15) is 6.33 Å². The van der Waals surface area contributed by atoms with Crippen LogP contribution in [-0.4, -0.2) is 26.1 Å². The number of rotatable bonds is 5. The minimum absolute atomic E-state index is 0.0233. The molecule has 0 bridgehead atoms. The third-order valence-electron chi connectivity index (χ3n) is 3.73. The average Bonchev–Trinajstić information content (AvgIpc) is 3.15. The van der Waals surface area contributed by atoms with Crippen LogP contribution in [0.1, 0.15) is 35.3 Å². The van der Waals surface area contributed by atoms with Gasteiger partial charge < -0.3 is 5.32 Å². The lowest BCUT2D eigenvalue weighted by Gasteiger charge is -2.17. The van der Waals surface area contributed by atoms with Crippen molar-refractivity contribution in [3.8, 4) is 5.69 Å². The molecule has 0 fully saturated rings. The van der Waals surface area contributed by atoms with Crippen molar-refractivity contribution < 1.29 is 4.79 Å². The Morgan fingerprint density at radius 1 is 1.17 bits per heavy atom. The van der Waals surface area contributed by atoms with E-state index in [1.54, 1.807) is 16.8 Å². The monoisotopic (exact) mass is 385 g/mol. The first-order valence-corrected chi connectivity index (χ1v) is 8.36. The standard InChI is InChI=1S/C17H16BrN5O/c1-2-16(12-3-7-14(18)8-4-12)20-17(24)13-5-9-15(10-6-13)23-11-19-21-22-23/h3-11,16H,2H2,1H3,(H,20,24). The average molecular weight is 386 g/mol. The highest BCUT2D eigenvalue weighted by atomic mass is 79.9. The Bertz CT molecular complexity index is 800. The SMILES string of the molecule is CCC(NC(=O)c1ccc(-n2cnnn2)cc1)c1ccc(Br)cc1. The molecule has 0 aliphatic carbocycles. The third kappa shape index (κ3) is 3.68. The number of amides is 1. The zero-order valence-corrected chi connectivity index (χ0v) is 14.6. The van der Waals surface area contributed by atoms with Gasteiger partial charge in [0.2, 0.25) is 0 Å². The van der Waals surface area contributed by atoms with E-state index in [0.717, 1.165) is 22.1 Å². The highest BCUT2D eigenvalue weighted by Gasteiger charge is 2.14. The quantitative estimate of drug-likeness (QED) is 0.730. The number of hydrogen-bond donors (Lipinski definition) is 1. The second-order valence-electron chi connectivity index (χ2n) is 5.29. The van der Waals surface area contributed by atoms with Crippen LogP contribution in [0.15, 0.2) is 59.3 Å². The molecule has 1 heterocycles. The smallest absolute Gasteiger partial charge is 0.251 e. The van der Waals surface area contributed by atoms with Gasteiger partial charge in [-0.15, -0.1) is 5.10 Å². The molecule has 1 atom stereocenters. The van der Waals surface area contributed by atoms with E-state index in [0.29, 0.717) is 5.56 Å². The number of hydrogen-bond acceptors (Lipinski definition) is 4. The maximum atomic E-state index is 12.5. The number of nitrogens with zero attached hydrogens (tertiary/aromatic N) is 4. The van der Waals surface area contributed by atoms with E-state index in [-0.39, 0.29) is 11.9 Å². The van der Waals surface area contributed by atoms with Gasteiger partial charge in [-0.05, 0) is 58.8 Å². The highest BCUT2D eigenvalue weighted by molar-refractivity contribution is 9.10. The van der Waals surface area contributed by atoms with Crippen molar-refractivity contribution in [1.82, 2.24) is 25.5 Å². The molecule has 2 aromatic carbocycles. The molecular weight excluding hydrogens is 370 g/mol. The minimum Gasteiger partial charge on any atom is -0.345 e. The summed E-state index contributed by atoms with van der Waals surface area (Å²) in [6, 6.07) is 15.1. The minimum atomic E-state index is -0.104. The number of halogens is 1. The summed E-state index contributed by atoms with van der Waals surface area (Å²) in [4.78, 5) is 12.5. The number of tetrazole rings is 1. The highest BCUT2D eigenvalue weighted by Crippen LogP contribution is 2.20. The van der Waals surface area contributed by atoms with E-state index in [1.807, 2.05) is 43.3 Å². The van der Waals surface area contributed by atoms with Crippen LogP contribution in [-0.2, 0) is 0 Å². The Kier molecular flexibility index (Phi) is 5.00. The van der Waals surface area contributed by atoms with E-state index in [9.17, 15) is 4.79 Å². The summed E-state index contributed by atoms with van der Waals surface area (Å²) in [5.74, 6) is -0.104. The second kappa shape index (κ2) is 7.35. The van der Waals surface area contributed by atoms with Crippen molar-refractivity contribution in [2.75, 3.05) is 0 Å². The number of benzene rings is 2. The molecular formula is C17H16BrN5O. The molecule has 24 heavy (non-hydrogen) atoms. The van der Waals surface area contributed by atoms with Gasteiger partial charge in [-0.2, -0.15) is 0 Å².